The number of rotatable bonds is 9. The molecule has 0 bridgehead atoms. The summed E-state index contributed by atoms with van der Waals surface area (Å²) in [5.41, 5.74) is 7.87. The average molecular weight is 675 g/mol. The van der Waals surface area contributed by atoms with Gasteiger partial charge in [-0.1, -0.05) is 121 Å². The van der Waals surface area contributed by atoms with Crippen molar-refractivity contribution in [3.8, 4) is 0 Å². The SMILES string of the molecule is CCOC(=O)c1cc(C)nc(N=C(c2ccccc2)c2ccccc2)c1.COC(=O)c1cc(C)nc(N=C(c2ccccc2)c2ccccc2)c1. The van der Waals surface area contributed by atoms with E-state index >= 15 is 0 Å². The Labute approximate surface area is 298 Å². The highest BCUT2D eigenvalue weighted by Crippen LogP contribution is 2.21. The lowest BCUT2D eigenvalue weighted by Crippen LogP contribution is -2.06. The van der Waals surface area contributed by atoms with Crippen LogP contribution in [-0.4, -0.2) is 47.0 Å². The van der Waals surface area contributed by atoms with Gasteiger partial charge in [-0.25, -0.2) is 29.5 Å². The summed E-state index contributed by atoms with van der Waals surface area (Å²) in [6.45, 7) is 5.79. The van der Waals surface area contributed by atoms with Crippen LogP contribution in [0.2, 0.25) is 0 Å². The van der Waals surface area contributed by atoms with Crippen LogP contribution in [0.25, 0.3) is 0 Å². The summed E-state index contributed by atoms with van der Waals surface area (Å²) in [6.07, 6.45) is 0. The van der Waals surface area contributed by atoms with Crippen molar-refractivity contribution < 1.29 is 19.1 Å². The summed E-state index contributed by atoms with van der Waals surface area (Å²) in [7, 11) is 1.36. The van der Waals surface area contributed by atoms with E-state index in [4.69, 9.17) is 19.5 Å². The summed E-state index contributed by atoms with van der Waals surface area (Å²) in [4.78, 5) is 42.3. The Kier molecular flexibility index (Phi) is 12.4. The van der Waals surface area contributed by atoms with Gasteiger partial charge >= 0.3 is 11.9 Å². The van der Waals surface area contributed by atoms with E-state index in [1.807, 2.05) is 135 Å². The van der Waals surface area contributed by atoms with E-state index in [1.54, 1.807) is 31.2 Å². The van der Waals surface area contributed by atoms with Crippen LogP contribution in [0.4, 0.5) is 11.6 Å². The Hall–Kier alpha value is -6.54. The van der Waals surface area contributed by atoms with Gasteiger partial charge in [0.15, 0.2) is 11.6 Å². The molecule has 8 heteroatoms. The number of esters is 2. The van der Waals surface area contributed by atoms with Crippen molar-refractivity contribution in [3.05, 3.63) is 190 Å². The van der Waals surface area contributed by atoms with Crippen LogP contribution in [0.5, 0.6) is 0 Å². The highest BCUT2D eigenvalue weighted by atomic mass is 16.5. The number of carbonyl (C=O) groups is 2. The zero-order valence-electron chi connectivity index (χ0n) is 29.0. The minimum atomic E-state index is -0.400. The molecule has 4 aromatic carbocycles. The lowest BCUT2D eigenvalue weighted by molar-refractivity contribution is 0.0525. The molecule has 8 nitrogen and oxygen atoms in total. The van der Waals surface area contributed by atoms with E-state index in [-0.39, 0.29) is 5.97 Å². The molecule has 0 saturated carbocycles. The second-order valence-corrected chi connectivity index (χ2v) is 11.3. The Morgan fingerprint density at radius 2 is 0.843 bits per heavy atom. The second kappa shape index (κ2) is 17.7. The molecule has 0 aliphatic carbocycles. The van der Waals surface area contributed by atoms with Gasteiger partial charge in [-0.2, -0.15) is 0 Å². The van der Waals surface area contributed by atoms with Crippen molar-refractivity contribution in [1.29, 1.82) is 0 Å². The van der Waals surface area contributed by atoms with Crippen LogP contribution in [0.1, 0.15) is 61.3 Å². The number of methoxy groups -OCH3 is 1. The van der Waals surface area contributed by atoms with Crippen LogP contribution >= 0.6 is 0 Å². The Morgan fingerprint density at radius 1 is 0.510 bits per heavy atom. The van der Waals surface area contributed by atoms with Gasteiger partial charge in [0.05, 0.1) is 36.3 Å². The summed E-state index contributed by atoms with van der Waals surface area (Å²) in [5.74, 6) is 0.192. The number of hydrogen-bond donors (Lipinski definition) is 0. The normalized spacial score (nSPS) is 10.2. The molecule has 0 amide bonds. The van der Waals surface area contributed by atoms with Crippen molar-refractivity contribution in [2.45, 2.75) is 20.8 Å². The molecule has 0 fully saturated rings. The third kappa shape index (κ3) is 9.99. The van der Waals surface area contributed by atoms with E-state index < -0.39 is 5.97 Å². The van der Waals surface area contributed by atoms with Crippen LogP contribution in [0.15, 0.2) is 156 Å². The van der Waals surface area contributed by atoms with Gasteiger partial charge < -0.3 is 9.47 Å². The summed E-state index contributed by atoms with van der Waals surface area (Å²) in [6, 6.07) is 46.4. The number of aliphatic imine (C=N–C) groups is 2. The molecule has 51 heavy (non-hydrogen) atoms. The maximum absolute atomic E-state index is 12.1. The second-order valence-electron chi connectivity index (χ2n) is 11.3. The lowest BCUT2D eigenvalue weighted by Gasteiger charge is -2.09. The van der Waals surface area contributed by atoms with Gasteiger partial charge in [0.1, 0.15) is 0 Å². The first-order valence-electron chi connectivity index (χ1n) is 16.5. The Morgan fingerprint density at radius 3 is 1.16 bits per heavy atom. The van der Waals surface area contributed by atoms with E-state index in [9.17, 15) is 9.59 Å². The van der Waals surface area contributed by atoms with Crippen molar-refractivity contribution in [3.63, 3.8) is 0 Å². The average Bonchev–Trinajstić information content (AvgIpc) is 3.17. The van der Waals surface area contributed by atoms with E-state index in [1.165, 1.54) is 7.11 Å². The van der Waals surface area contributed by atoms with E-state index in [0.717, 1.165) is 39.4 Å². The van der Waals surface area contributed by atoms with Gasteiger partial charge in [-0.05, 0) is 45.0 Å². The molecule has 254 valence electrons. The highest BCUT2D eigenvalue weighted by Gasteiger charge is 2.13. The van der Waals surface area contributed by atoms with Gasteiger partial charge in [0.2, 0.25) is 0 Å². The fraction of sp³-hybridized carbons (Fsp3) is 0.116. The molecule has 0 saturated heterocycles. The molecular weight excluding hydrogens is 636 g/mol. The largest absolute Gasteiger partial charge is 0.465 e. The number of hydrogen-bond acceptors (Lipinski definition) is 8. The number of benzene rings is 4. The van der Waals surface area contributed by atoms with Crippen molar-refractivity contribution >= 4 is 35.0 Å². The first-order valence-corrected chi connectivity index (χ1v) is 16.5. The topological polar surface area (TPSA) is 103 Å². The molecule has 2 heterocycles. The quantitative estimate of drug-likeness (QED) is 0.112. The van der Waals surface area contributed by atoms with Crippen molar-refractivity contribution in [2.75, 3.05) is 13.7 Å². The maximum atomic E-state index is 12.1. The molecule has 6 rings (SSSR count). The lowest BCUT2D eigenvalue weighted by atomic mass is 10.0. The predicted octanol–water partition coefficient (Wildman–Crippen LogP) is 9.08. The minimum absolute atomic E-state index is 0.331. The molecule has 0 unspecified atom stereocenters. The van der Waals surface area contributed by atoms with Crippen molar-refractivity contribution in [1.82, 2.24) is 9.97 Å². The summed E-state index contributed by atoms with van der Waals surface area (Å²) >= 11 is 0. The number of aromatic nitrogens is 2. The standard InChI is InChI=1S/C22H20N2O2.C21H18N2O2/c1-3-26-22(25)19-14-16(2)23-20(15-19)24-21(17-10-6-4-7-11-17)18-12-8-5-9-13-18;1-15-13-18(21(24)25-2)14-19(22-15)23-20(16-9-5-3-6-10-16)17-11-7-4-8-12-17/h4-15H,3H2,1-2H3;3-14H,1-2H3. The number of ether oxygens (including phenoxy) is 2. The Bertz CT molecular complexity index is 2050. The molecule has 0 aliphatic rings. The van der Waals surface area contributed by atoms with Crippen LogP contribution in [0.3, 0.4) is 0 Å². The Balaban J connectivity index is 0.000000198. The predicted molar refractivity (Wildman–Crippen MR) is 202 cm³/mol. The third-order valence-corrected chi connectivity index (χ3v) is 7.45. The molecule has 0 atom stereocenters. The molecular formula is C43H38N4O4. The molecule has 0 spiro atoms. The monoisotopic (exact) mass is 674 g/mol. The minimum Gasteiger partial charge on any atom is -0.465 e. The molecule has 2 aromatic heterocycles. The highest BCUT2D eigenvalue weighted by molar-refractivity contribution is 6.14. The van der Waals surface area contributed by atoms with Crippen LogP contribution < -0.4 is 0 Å². The third-order valence-electron chi connectivity index (χ3n) is 7.45. The fourth-order valence-corrected chi connectivity index (χ4v) is 5.19. The number of aryl methyl sites for hydroxylation is 2. The van der Waals surface area contributed by atoms with Crippen LogP contribution in [0, 0.1) is 13.8 Å². The zero-order chi connectivity index (χ0) is 36.0. The first-order chi connectivity index (χ1) is 24.8. The smallest absolute Gasteiger partial charge is 0.338 e. The molecule has 0 radical (unpaired) electrons. The van der Waals surface area contributed by atoms with Crippen LogP contribution in [-0.2, 0) is 9.47 Å². The first kappa shape index (κ1) is 35.8. The molecule has 0 aliphatic heterocycles. The summed E-state index contributed by atoms with van der Waals surface area (Å²) < 4.78 is 9.90. The van der Waals surface area contributed by atoms with Crippen molar-refractivity contribution in [2.24, 2.45) is 9.98 Å². The fourth-order valence-electron chi connectivity index (χ4n) is 5.19. The van der Waals surface area contributed by atoms with Gasteiger partial charge in [-0.15, -0.1) is 0 Å². The maximum Gasteiger partial charge on any atom is 0.338 e. The number of carbonyl (C=O) groups excluding carboxylic acids is 2. The van der Waals surface area contributed by atoms with E-state index in [0.29, 0.717) is 35.1 Å². The van der Waals surface area contributed by atoms with Gasteiger partial charge in [0, 0.05) is 33.6 Å². The molecule has 6 aromatic rings. The number of pyridine rings is 2. The molecule has 0 N–H and O–H groups in total. The van der Waals surface area contributed by atoms with Gasteiger partial charge in [0.25, 0.3) is 0 Å². The van der Waals surface area contributed by atoms with Gasteiger partial charge in [-0.3, -0.25) is 0 Å². The zero-order valence-corrected chi connectivity index (χ0v) is 29.0. The number of nitrogens with zero attached hydrogens (tertiary/aromatic N) is 4. The summed E-state index contributed by atoms with van der Waals surface area (Å²) in [5, 5.41) is 0. The van der Waals surface area contributed by atoms with E-state index in [2.05, 4.69) is 9.97 Å².